The van der Waals surface area contributed by atoms with E-state index in [-0.39, 0.29) is 5.69 Å². The highest BCUT2D eigenvalue weighted by atomic mass is 32.2. The van der Waals surface area contributed by atoms with Gasteiger partial charge < -0.3 is 9.97 Å². The molecule has 0 spiro atoms. The molecule has 0 saturated heterocycles. The number of non-ortho nitro benzene ring substituents is 1. The third-order valence-electron chi connectivity index (χ3n) is 3.09. The van der Waals surface area contributed by atoms with Crippen LogP contribution in [-0.2, 0) is 6.42 Å². The zero-order valence-electron chi connectivity index (χ0n) is 11.5. The van der Waals surface area contributed by atoms with Gasteiger partial charge in [0, 0.05) is 35.3 Å². The Balaban J connectivity index is 1.65. The highest BCUT2D eigenvalue weighted by Crippen LogP contribution is 2.24. The molecule has 0 saturated carbocycles. The molecular formula is C14H13N5O2S. The fourth-order valence-electron chi connectivity index (χ4n) is 1.99. The van der Waals surface area contributed by atoms with Gasteiger partial charge in [0.1, 0.15) is 0 Å². The molecule has 0 atom stereocenters. The monoisotopic (exact) mass is 315 g/mol. The minimum Gasteiger partial charge on any atom is -0.348 e. The maximum atomic E-state index is 10.8. The first-order chi connectivity index (χ1) is 10.7. The van der Waals surface area contributed by atoms with E-state index in [1.165, 1.54) is 12.1 Å². The van der Waals surface area contributed by atoms with Crippen LogP contribution in [0.4, 0.5) is 5.69 Å². The second kappa shape index (κ2) is 6.44. The largest absolute Gasteiger partial charge is 0.348 e. The normalized spacial score (nSPS) is 10.7. The van der Waals surface area contributed by atoms with Crippen LogP contribution in [0.5, 0.6) is 0 Å². The summed E-state index contributed by atoms with van der Waals surface area (Å²) in [6, 6.07) is 6.49. The molecule has 2 heterocycles. The van der Waals surface area contributed by atoms with Gasteiger partial charge in [0.2, 0.25) is 0 Å². The van der Waals surface area contributed by atoms with E-state index in [2.05, 4.69) is 19.9 Å². The van der Waals surface area contributed by atoms with Crippen molar-refractivity contribution in [1.82, 2.24) is 19.9 Å². The number of imidazole rings is 2. The van der Waals surface area contributed by atoms with E-state index in [1.54, 1.807) is 36.5 Å². The minimum absolute atomic E-state index is 0.0700. The minimum atomic E-state index is -0.403. The van der Waals surface area contributed by atoms with E-state index in [0.29, 0.717) is 0 Å². The SMILES string of the molecule is O=[N+]([O-])c1cccc(-c2cnc(SCCc3cnc[nH]3)[nH]2)c1. The molecule has 0 unspecified atom stereocenters. The van der Waals surface area contributed by atoms with E-state index in [1.807, 2.05) is 6.07 Å². The van der Waals surface area contributed by atoms with Crippen LogP contribution < -0.4 is 0 Å². The number of nitro benzene ring substituents is 1. The first-order valence-electron chi connectivity index (χ1n) is 6.62. The van der Waals surface area contributed by atoms with E-state index < -0.39 is 4.92 Å². The van der Waals surface area contributed by atoms with Crippen molar-refractivity contribution in [3.8, 4) is 11.3 Å². The molecule has 0 fully saturated rings. The predicted octanol–water partition coefficient (Wildman–Crippen LogP) is 3.04. The average molecular weight is 315 g/mol. The molecule has 0 aliphatic carbocycles. The van der Waals surface area contributed by atoms with E-state index in [0.717, 1.165) is 34.3 Å². The lowest BCUT2D eigenvalue weighted by Crippen LogP contribution is -1.89. The molecule has 0 aliphatic rings. The van der Waals surface area contributed by atoms with Crippen LogP contribution in [0.25, 0.3) is 11.3 Å². The Kier molecular flexibility index (Phi) is 4.19. The van der Waals surface area contributed by atoms with Crippen LogP contribution in [-0.4, -0.2) is 30.6 Å². The van der Waals surface area contributed by atoms with Crippen molar-refractivity contribution < 1.29 is 4.92 Å². The van der Waals surface area contributed by atoms with Crippen molar-refractivity contribution in [2.24, 2.45) is 0 Å². The zero-order chi connectivity index (χ0) is 15.4. The summed E-state index contributed by atoms with van der Waals surface area (Å²) in [6.45, 7) is 0. The Bertz CT molecular complexity index is 769. The number of hydrogen-bond acceptors (Lipinski definition) is 5. The van der Waals surface area contributed by atoms with Crippen LogP contribution in [0.1, 0.15) is 5.69 Å². The molecule has 2 N–H and O–H groups in total. The quantitative estimate of drug-likeness (QED) is 0.413. The number of nitrogens with zero attached hydrogens (tertiary/aromatic N) is 3. The molecule has 2 aromatic heterocycles. The van der Waals surface area contributed by atoms with Gasteiger partial charge in [0.15, 0.2) is 5.16 Å². The number of nitro groups is 1. The second-order valence-electron chi connectivity index (χ2n) is 4.58. The number of nitrogens with one attached hydrogen (secondary N) is 2. The van der Waals surface area contributed by atoms with Crippen molar-refractivity contribution in [2.45, 2.75) is 11.6 Å². The predicted molar refractivity (Wildman–Crippen MR) is 83.7 cm³/mol. The maximum absolute atomic E-state index is 10.8. The molecule has 0 amide bonds. The highest BCUT2D eigenvalue weighted by Gasteiger charge is 2.09. The number of rotatable bonds is 6. The molecule has 3 aromatic rings. The van der Waals surface area contributed by atoms with Gasteiger partial charge in [-0.3, -0.25) is 10.1 Å². The standard InChI is InChI=1S/C14H13N5O2S/c20-19(21)12-3-1-2-10(6-12)13-8-16-14(18-13)22-5-4-11-7-15-9-17-11/h1-3,6-9H,4-5H2,(H,15,17)(H,16,18). The number of thioether (sulfide) groups is 1. The van der Waals surface area contributed by atoms with Crippen LogP contribution >= 0.6 is 11.8 Å². The Labute approximate surface area is 130 Å². The fraction of sp³-hybridized carbons (Fsp3) is 0.143. The zero-order valence-corrected chi connectivity index (χ0v) is 12.3. The van der Waals surface area contributed by atoms with Gasteiger partial charge in [0.25, 0.3) is 5.69 Å². The first-order valence-corrected chi connectivity index (χ1v) is 7.61. The van der Waals surface area contributed by atoms with Crippen LogP contribution in [0.15, 0.2) is 48.1 Å². The summed E-state index contributed by atoms with van der Waals surface area (Å²) in [6.07, 6.45) is 6.03. The number of H-pyrrole nitrogens is 2. The molecule has 8 heteroatoms. The Morgan fingerprint density at radius 2 is 2.23 bits per heavy atom. The van der Waals surface area contributed by atoms with E-state index >= 15 is 0 Å². The molecule has 3 rings (SSSR count). The molecule has 7 nitrogen and oxygen atoms in total. The van der Waals surface area contributed by atoms with Gasteiger partial charge in [-0.05, 0) is 6.42 Å². The highest BCUT2D eigenvalue weighted by molar-refractivity contribution is 7.99. The molecule has 0 radical (unpaired) electrons. The van der Waals surface area contributed by atoms with E-state index in [4.69, 9.17) is 0 Å². The fourth-order valence-corrected chi connectivity index (χ4v) is 2.81. The van der Waals surface area contributed by atoms with Gasteiger partial charge in [-0.1, -0.05) is 23.9 Å². The Hall–Kier alpha value is -2.61. The third-order valence-corrected chi connectivity index (χ3v) is 3.97. The summed E-state index contributed by atoms with van der Waals surface area (Å²) in [5.74, 6) is 0.865. The van der Waals surface area contributed by atoms with Crippen LogP contribution in [0.2, 0.25) is 0 Å². The van der Waals surface area contributed by atoms with Crippen molar-refractivity contribution in [2.75, 3.05) is 5.75 Å². The van der Waals surface area contributed by atoms with Crippen molar-refractivity contribution in [1.29, 1.82) is 0 Å². The number of hydrogen-bond donors (Lipinski definition) is 2. The average Bonchev–Trinajstić information content (AvgIpc) is 3.19. The number of benzene rings is 1. The molecule has 1 aromatic carbocycles. The smallest absolute Gasteiger partial charge is 0.270 e. The van der Waals surface area contributed by atoms with E-state index in [9.17, 15) is 10.1 Å². The number of aryl methyl sites for hydroxylation is 1. The molecule has 0 bridgehead atoms. The van der Waals surface area contributed by atoms with Crippen molar-refractivity contribution >= 4 is 17.4 Å². The van der Waals surface area contributed by atoms with Crippen molar-refractivity contribution in [3.63, 3.8) is 0 Å². The Morgan fingerprint density at radius 1 is 1.32 bits per heavy atom. The van der Waals surface area contributed by atoms with Gasteiger partial charge in [-0.2, -0.15) is 0 Å². The molecule has 22 heavy (non-hydrogen) atoms. The van der Waals surface area contributed by atoms with Crippen molar-refractivity contribution in [3.05, 3.63) is 58.8 Å². The maximum Gasteiger partial charge on any atom is 0.270 e. The van der Waals surface area contributed by atoms with Crippen LogP contribution in [0.3, 0.4) is 0 Å². The number of aromatic nitrogens is 4. The van der Waals surface area contributed by atoms with Gasteiger partial charge in [-0.15, -0.1) is 0 Å². The summed E-state index contributed by atoms with van der Waals surface area (Å²) in [4.78, 5) is 24.9. The molecule has 0 aliphatic heterocycles. The lowest BCUT2D eigenvalue weighted by atomic mass is 10.1. The topological polar surface area (TPSA) is 100 Å². The summed E-state index contributed by atoms with van der Waals surface area (Å²) < 4.78 is 0. The summed E-state index contributed by atoms with van der Waals surface area (Å²) in [5, 5.41) is 11.6. The first kappa shape index (κ1) is 14.3. The second-order valence-corrected chi connectivity index (χ2v) is 5.67. The third kappa shape index (κ3) is 3.34. The summed E-state index contributed by atoms with van der Waals surface area (Å²) in [7, 11) is 0. The van der Waals surface area contributed by atoms with Gasteiger partial charge >= 0.3 is 0 Å². The van der Waals surface area contributed by atoms with Gasteiger partial charge in [-0.25, -0.2) is 9.97 Å². The summed E-state index contributed by atoms with van der Waals surface area (Å²) >= 11 is 1.60. The molecule has 112 valence electrons. The lowest BCUT2D eigenvalue weighted by molar-refractivity contribution is -0.384. The Morgan fingerprint density at radius 3 is 3.00 bits per heavy atom. The molecular weight excluding hydrogens is 302 g/mol. The lowest BCUT2D eigenvalue weighted by Gasteiger charge is -1.98. The van der Waals surface area contributed by atoms with Gasteiger partial charge in [0.05, 0.1) is 23.1 Å². The number of aromatic amines is 2. The summed E-state index contributed by atoms with van der Waals surface area (Å²) in [5.41, 5.74) is 2.67. The van der Waals surface area contributed by atoms with Crippen LogP contribution in [0, 0.1) is 10.1 Å².